The molecule has 1 N–H and O–H groups in total. The second kappa shape index (κ2) is 11.9. The van der Waals surface area contributed by atoms with E-state index in [0.717, 1.165) is 14.3 Å². The predicted octanol–water partition coefficient (Wildman–Crippen LogP) is 4.77. The number of nitrogens with one attached hydrogen (secondary N) is 1. The molecule has 0 aliphatic rings. The predicted molar refractivity (Wildman–Crippen MR) is 145 cm³/mol. The first-order valence-electron chi connectivity index (χ1n) is 11.1. The minimum atomic E-state index is -4.13. The van der Waals surface area contributed by atoms with E-state index in [2.05, 4.69) is 21.2 Å². The number of hydrogen-bond acceptors (Lipinski definition) is 4. The number of sulfonamides is 1. The van der Waals surface area contributed by atoms with E-state index in [1.165, 1.54) is 30.1 Å². The Balaban J connectivity index is 2.06. The summed E-state index contributed by atoms with van der Waals surface area (Å²) in [5.74, 6) is -0.898. The molecular formula is C26H27BrClN3O4S. The first-order chi connectivity index (χ1) is 17.0. The average molecular weight is 593 g/mol. The standard InChI is InChI=1S/C26H27BrClN3O4S/c1-18-9-14-22(28)15-24(18)31(36(34,35)23-7-5-4-6-8-23)17-25(32)30(19(2)26(33)29-3)16-20-10-12-21(27)13-11-20/h4-15,19H,16-17H2,1-3H3,(H,29,33). The van der Waals surface area contributed by atoms with Gasteiger partial charge in [-0.3, -0.25) is 13.9 Å². The van der Waals surface area contributed by atoms with Crippen molar-refractivity contribution < 1.29 is 18.0 Å². The second-order valence-corrected chi connectivity index (χ2v) is 11.4. The monoisotopic (exact) mass is 591 g/mol. The van der Waals surface area contributed by atoms with Gasteiger partial charge in [-0.15, -0.1) is 0 Å². The SMILES string of the molecule is CNC(=O)C(C)N(Cc1ccc(Br)cc1)C(=O)CN(c1cc(Cl)ccc1C)S(=O)(=O)c1ccccc1. The number of aryl methyl sites for hydroxylation is 1. The van der Waals surface area contributed by atoms with E-state index in [0.29, 0.717) is 10.6 Å². The van der Waals surface area contributed by atoms with Gasteiger partial charge in [-0.25, -0.2) is 8.42 Å². The maximum atomic E-state index is 13.7. The van der Waals surface area contributed by atoms with Crippen LogP contribution in [0.25, 0.3) is 0 Å². The van der Waals surface area contributed by atoms with Crippen molar-refractivity contribution in [3.05, 3.63) is 93.4 Å². The fraction of sp³-hybridized carbons (Fsp3) is 0.231. The van der Waals surface area contributed by atoms with Gasteiger partial charge >= 0.3 is 0 Å². The molecule has 0 fully saturated rings. The molecular weight excluding hydrogens is 566 g/mol. The van der Waals surface area contributed by atoms with Gasteiger partial charge < -0.3 is 10.2 Å². The number of hydrogen-bond donors (Lipinski definition) is 1. The quantitative estimate of drug-likeness (QED) is 0.388. The van der Waals surface area contributed by atoms with E-state index in [-0.39, 0.29) is 23.0 Å². The number of amides is 2. The van der Waals surface area contributed by atoms with Crippen LogP contribution in [0.15, 0.2) is 82.2 Å². The molecule has 10 heteroatoms. The van der Waals surface area contributed by atoms with Crippen LogP contribution in [-0.4, -0.2) is 44.8 Å². The van der Waals surface area contributed by atoms with Gasteiger partial charge in [-0.05, 0) is 61.4 Å². The van der Waals surface area contributed by atoms with Crippen molar-refractivity contribution in [1.29, 1.82) is 0 Å². The van der Waals surface area contributed by atoms with Crippen molar-refractivity contribution in [3.8, 4) is 0 Å². The van der Waals surface area contributed by atoms with Crippen LogP contribution in [0.2, 0.25) is 5.02 Å². The summed E-state index contributed by atoms with van der Waals surface area (Å²) < 4.78 is 29.4. The zero-order valence-corrected chi connectivity index (χ0v) is 23.3. The van der Waals surface area contributed by atoms with Crippen LogP contribution < -0.4 is 9.62 Å². The molecule has 0 aliphatic heterocycles. The first-order valence-corrected chi connectivity index (χ1v) is 13.7. The molecule has 0 heterocycles. The maximum absolute atomic E-state index is 13.7. The van der Waals surface area contributed by atoms with Gasteiger partial charge in [0.25, 0.3) is 10.0 Å². The van der Waals surface area contributed by atoms with Crippen molar-refractivity contribution >= 4 is 55.1 Å². The molecule has 3 rings (SSSR count). The van der Waals surface area contributed by atoms with Gasteiger partial charge in [0.1, 0.15) is 12.6 Å². The summed E-state index contributed by atoms with van der Waals surface area (Å²) in [4.78, 5) is 27.7. The molecule has 3 aromatic carbocycles. The summed E-state index contributed by atoms with van der Waals surface area (Å²) in [7, 11) is -2.64. The molecule has 2 amide bonds. The molecule has 1 unspecified atom stereocenters. The van der Waals surface area contributed by atoms with Gasteiger partial charge in [0.2, 0.25) is 11.8 Å². The molecule has 0 aliphatic carbocycles. The Bertz CT molecular complexity index is 1340. The average Bonchev–Trinajstić information content (AvgIpc) is 2.87. The van der Waals surface area contributed by atoms with Crippen LogP contribution in [0, 0.1) is 6.92 Å². The van der Waals surface area contributed by atoms with Gasteiger partial charge in [-0.1, -0.05) is 63.9 Å². The van der Waals surface area contributed by atoms with E-state index >= 15 is 0 Å². The van der Waals surface area contributed by atoms with Crippen LogP contribution >= 0.6 is 27.5 Å². The molecule has 0 bridgehead atoms. The molecule has 36 heavy (non-hydrogen) atoms. The number of carbonyl (C=O) groups is 2. The summed E-state index contributed by atoms with van der Waals surface area (Å²) >= 11 is 9.60. The highest BCUT2D eigenvalue weighted by Gasteiger charge is 2.33. The van der Waals surface area contributed by atoms with E-state index in [1.807, 2.05) is 24.3 Å². The third-order valence-corrected chi connectivity index (χ3v) is 8.27. The summed E-state index contributed by atoms with van der Waals surface area (Å²) in [5.41, 5.74) is 1.71. The Kier molecular flexibility index (Phi) is 9.16. The zero-order valence-electron chi connectivity index (χ0n) is 20.1. The van der Waals surface area contributed by atoms with Crippen LogP contribution in [0.1, 0.15) is 18.1 Å². The fourth-order valence-electron chi connectivity index (χ4n) is 3.66. The molecule has 0 saturated heterocycles. The van der Waals surface area contributed by atoms with Crippen LogP contribution in [-0.2, 0) is 26.2 Å². The highest BCUT2D eigenvalue weighted by molar-refractivity contribution is 9.10. The Hall–Kier alpha value is -2.88. The summed E-state index contributed by atoms with van der Waals surface area (Å²) in [6, 6.07) is 19.3. The Morgan fingerprint density at radius 2 is 1.67 bits per heavy atom. The van der Waals surface area contributed by atoms with E-state index in [4.69, 9.17) is 11.6 Å². The number of anilines is 1. The minimum Gasteiger partial charge on any atom is -0.357 e. The van der Waals surface area contributed by atoms with Crippen LogP contribution in [0.3, 0.4) is 0 Å². The minimum absolute atomic E-state index is 0.0379. The molecule has 0 saturated carbocycles. The highest BCUT2D eigenvalue weighted by atomic mass is 79.9. The zero-order chi connectivity index (χ0) is 26.5. The van der Waals surface area contributed by atoms with Gasteiger partial charge in [0.15, 0.2) is 0 Å². The van der Waals surface area contributed by atoms with Crippen molar-refractivity contribution in [2.45, 2.75) is 31.3 Å². The smallest absolute Gasteiger partial charge is 0.264 e. The maximum Gasteiger partial charge on any atom is 0.264 e. The van der Waals surface area contributed by atoms with Crippen molar-refractivity contribution in [3.63, 3.8) is 0 Å². The lowest BCUT2D eigenvalue weighted by Gasteiger charge is -2.32. The van der Waals surface area contributed by atoms with Crippen LogP contribution in [0.5, 0.6) is 0 Å². The van der Waals surface area contributed by atoms with E-state index < -0.39 is 28.5 Å². The summed E-state index contributed by atoms with van der Waals surface area (Å²) in [5, 5.41) is 2.90. The molecule has 1 atom stereocenters. The first kappa shape index (κ1) is 27.7. The summed E-state index contributed by atoms with van der Waals surface area (Å²) in [6.45, 7) is 2.96. The highest BCUT2D eigenvalue weighted by Crippen LogP contribution is 2.30. The fourth-order valence-corrected chi connectivity index (χ4v) is 5.58. The third kappa shape index (κ3) is 6.46. The lowest BCUT2D eigenvalue weighted by atomic mass is 10.1. The Labute approximate surface area is 225 Å². The summed E-state index contributed by atoms with van der Waals surface area (Å²) in [6.07, 6.45) is 0. The molecule has 7 nitrogen and oxygen atoms in total. The third-order valence-electron chi connectivity index (χ3n) is 5.73. The Morgan fingerprint density at radius 1 is 1.03 bits per heavy atom. The number of rotatable bonds is 9. The number of benzene rings is 3. The topological polar surface area (TPSA) is 86.8 Å². The van der Waals surface area contributed by atoms with Gasteiger partial charge in [0.05, 0.1) is 10.6 Å². The van der Waals surface area contributed by atoms with Crippen molar-refractivity contribution in [2.75, 3.05) is 17.9 Å². The number of likely N-dealkylation sites (N-methyl/N-ethyl adjacent to an activating group) is 1. The molecule has 0 aromatic heterocycles. The normalized spacial score (nSPS) is 12.0. The van der Waals surface area contributed by atoms with Gasteiger partial charge in [-0.2, -0.15) is 0 Å². The number of halogens is 2. The van der Waals surface area contributed by atoms with E-state index in [1.54, 1.807) is 44.2 Å². The lowest BCUT2D eigenvalue weighted by molar-refractivity contribution is -0.139. The largest absolute Gasteiger partial charge is 0.357 e. The number of nitrogens with zero attached hydrogens (tertiary/aromatic N) is 2. The lowest BCUT2D eigenvalue weighted by Crippen LogP contribution is -2.50. The van der Waals surface area contributed by atoms with E-state index in [9.17, 15) is 18.0 Å². The van der Waals surface area contributed by atoms with Crippen molar-refractivity contribution in [1.82, 2.24) is 10.2 Å². The molecule has 3 aromatic rings. The number of carbonyl (C=O) groups excluding carboxylic acids is 2. The van der Waals surface area contributed by atoms with Crippen molar-refractivity contribution in [2.24, 2.45) is 0 Å². The molecule has 0 spiro atoms. The molecule has 0 radical (unpaired) electrons. The van der Waals surface area contributed by atoms with Gasteiger partial charge in [0, 0.05) is 23.1 Å². The van der Waals surface area contributed by atoms with Crippen LogP contribution in [0.4, 0.5) is 5.69 Å². The second-order valence-electron chi connectivity index (χ2n) is 8.19. The Morgan fingerprint density at radius 3 is 2.28 bits per heavy atom. The molecule has 190 valence electrons.